The van der Waals surface area contributed by atoms with Gasteiger partial charge in [-0.15, -0.1) is 0 Å². The second-order valence-corrected chi connectivity index (χ2v) is 5.75. The highest BCUT2D eigenvalue weighted by Crippen LogP contribution is 2.39. The van der Waals surface area contributed by atoms with Gasteiger partial charge in [-0.1, -0.05) is 32.0 Å². The van der Waals surface area contributed by atoms with E-state index in [9.17, 15) is 4.79 Å². The Balaban J connectivity index is 2.49. The predicted molar refractivity (Wildman–Crippen MR) is 76.0 cm³/mol. The van der Waals surface area contributed by atoms with Gasteiger partial charge in [0.1, 0.15) is 0 Å². The molecule has 1 aromatic heterocycles. The van der Waals surface area contributed by atoms with E-state index in [1.807, 2.05) is 45.0 Å². The first kappa shape index (κ1) is 13.6. The molecule has 0 spiro atoms. The highest BCUT2D eigenvalue weighted by Gasteiger charge is 2.32. The van der Waals surface area contributed by atoms with E-state index in [4.69, 9.17) is 10.8 Å². The first-order valence-corrected chi connectivity index (χ1v) is 6.37. The average Bonchev–Trinajstić information content (AvgIpc) is 2.62. The van der Waals surface area contributed by atoms with Crippen LogP contribution in [0.5, 0.6) is 0 Å². The molecule has 0 saturated heterocycles. The molecule has 19 heavy (non-hydrogen) atoms. The lowest BCUT2D eigenvalue weighted by Gasteiger charge is -2.30. The Labute approximate surface area is 112 Å². The minimum atomic E-state index is -0.821. The number of fused-ring (bicyclic) bond motifs is 1. The summed E-state index contributed by atoms with van der Waals surface area (Å²) in [6.07, 6.45) is 0.0487. The first-order chi connectivity index (χ1) is 8.83. The lowest BCUT2D eigenvalue weighted by Crippen LogP contribution is -2.31. The molecule has 0 bridgehead atoms. The monoisotopic (exact) mass is 260 g/mol. The van der Waals surface area contributed by atoms with Crippen LogP contribution in [-0.2, 0) is 4.79 Å². The summed E-state index contributed by atoms with van der Waals surface area (Å²) in [6, 6.07) is 7.64. The highest BCUT2D eigenvalue weighted by molar-refractivity contribution is 5.85. The standard InChI is InChI=1S/C15H20N2O2/c1-9-13(10-6-4-5-7-11(10)17-9)14(16)15(2,3)8-12(18)19/h4-7,14,17H,8,16H2,1-3H3,(H,18,19). The number of H-pyrrole nitrogens is 1. The molecule has 0 aliphatic heterocycles. The summed E-state index contributed by atoms with van der Waals surface area (Å²) in [5.41, 5.74) is 8.91. The second kappa shape index (κ2) is 4.70. The largest absolute Gasteiger partial charge is 0.481 e. The lowest BCUT2D eigenvalue weighted by atomic mass is 9.77. The summed E-state index contributed by atoms with van der Waals surface area (Å²) in [6.45, 7) is 5.77. The number of hydrogen-bond acceptors (Lipinski definition) is 2. The number of carboxylic acid groups (broad SMARTS) is 1. The van der Waals surface area contributed by atoms with E-state index in [1.165, 1.54) is 0 Å². The number of aromatic nitrogens is 1. The summed E-state index contributed by atoms with van der Waals surface area (Å²) in [5, 5.41) is 10.1. The van der Waals surface area contributed by atoms with Crippen molar-refractivity contribution in [1.29, 1.82) is 0 Å². The topological polar surface area (TPSA) is 79.1 Å². The van der Waals surface area contributed by atoms with Gasteiger partial charge < -0.3 is 15.8 Å². The zero-order valence-electron chi connectivity index (χ0n) is 11.5. The minimum absolute atomic E-state index is 0.0487. The van der Waals surface area contributed by atoms with Crippen LogP contribution < -0.4 is 5.73 Å². The van der Waals surface area contributed by atoms with Crippen LogP contribution in [0.4, 0.5) is 0 Å². The normalized spacial score (nSPS) is 13.7. The molecular formula is C15H20N2O2. The Morgan fingerprint density at radius 3 is 2.68 bits per heavy atom. The predicted octanol–water partition coefficient (Wildman–Crippen LogP) is 2.98. The number of nitrogens with two attached hydrogens (primary N) is 1. The van der Waals surface area contributed by atoms with Crippen LogP contribution in [0.3, 0.4) is 0 Å². The maximum absolute atomic E-state index is 11.0. The van der Waals surface area contributed by atoms with Crippen molar-refractivity contribution < 1.29 is 9.90 Å². The fourth-order valence-electron chi connectivity index (χ4n) is 2.59. The third-order valence-electron chi connectivity index (χ3n) is 3.70. The second-order valence-electron chi connectivity index (χ2n) is 5.75. The van der Waals surface area contributed by atoms with E-state index < -0.39 is 11.4 Å². The molecule has 1 heterocycles. The molecule has 1 unspecified atom stereocenters. The molecule has 4 nitrogen and oxygen atoms in total. The van der Waals surface area contributed by atoms with Crippen molar-refractivity contribution in [3.8, 4) is 0 Å². The Hall–Kier alpha value is -1.81. The number of hydrogen-bond donors (Lipinski definition) is 3. The number of carboxylic acids is 1. The van der Waals surface area contributed by atoms with Gasteiger partial charge in [0.15, 0.2) is 0 Å². The molecule has 4 heteroatoms. The number of aromatic amines is 1. The molecule has 0 aliphatic carbocycles. The van der Waals surface area contributed by atoms with Crippen molar-refractivity contribution >= 4 is 16.9 Å². The molecule has 2 rings (SSSR count). The number of rotatable bonds is 4. The summed E-state index contributed by atoms with van der Waals surface area (Å²) < 4.78 is 0. The van der Waals surface area contributed by atoms with Gasteiger partial charge in [-0.05, 0) is 24.0 Å². The minimum Gasteiger partial charge on any atom is -0.481 e. The number of nitrogens with one attached hydrogen (secondary N) is 1. The highest BCUT2D eigenvalue weighted by atomic mass is 16.4. The summed E-state index contributed by atoms with van der Waals surface area (Å²) in [4.78, 5) is 14.3. The number of benzene rings is 1. The Bertz CT molecular complexity index is 614. The van der Waals surface area contributed by atoms with E-state index in [0.29, 0.717) is 0 Å². The van der Waals surface area contributed by atoms with E-state index in [0.717, 1.165) is 22.2 Å². The zero-order valence-corrected chi connectivity index (χ0v) is 11.5. The summed E-state index contributed by atoms with van der Waals surface area (Å²) in [7, 11) is 0. The number of carbonyl (C=O) groups is 1. The number of para-hydroxylation sites is 1. The van der Waals surface area contributed by atoms with E-state index in [1.54, 1.807) is 0 Å². The lowest BCUT2D eigenvalue weighted by molar-refractivity contribution is -0.139. The quantitative estimate of drug-likeness (QED) is 0.790. The fraction of sp³-hybridized carbons (Fsp3) is 0.400. The van der Waals surface area contributed by atoms with Crippen molar-refractivity contribution in [1.82, 2.24) is 4.98 Å². The zero-order chi connectivity index (χ0) is 14.2. The van der Waals surface area contributed by atoms with Crippen molar-refractivity contribution in [3.63, 3.8) is 0 Å². The number of aliphatic carboxylic acids is 1. The van der Waals surface area contributed by atoms with Crippen molar-refractivity contribution in [3.05, 3.63) is 35.5 Å². The maximum Gasteiger partial charge on any atom is 0.303 e. The van der Waals surface area contributed by atoms with Gasteiger partial charge in [0, 0.05) is 22.6 Å². The van der Waals surface area contributed by atoms with Crippen LogP contribution in [0.25, 0.3) is 10.9 Å². The average molecular weight is 260 g/mol. The van der Waals surface area contributed by atoms with Crippen LogP contribution >= 0.6 is 0 Å². The van der Waals surface area contributed by atoms with Crippen LogP contribution in [-0.4, -0.2) is 16.1 Å². The van der Waals surface area contributed by atoms with E-state index >= 15 is 0 Å². The Morgan fingerprint density at radius 2 is 2.05 bits per heavy atom. The van der Waals surface area contributed by atoms with Gasteiger partial charge in [0.25, 0.3) is 0 Å². The van der Waals surface area contributed by atoms with Gasteiger partial charge in [-0.2, -0.15) is 0 Å². The third kappa shape index (κ3) is 2.49. The van der Waals surface area contributed by atoms with Gasteiger partial charge in [0.2, 0.25) is 0 Å². The third-order valence-corrected chi connectivity index (χ3v) is 3.70. The van der Waals surface area contributed by atoms with Crippen LogP contribution in [0.2, 0.25) is 0 Å². The fourth-order valence-corrected chi connectivity index (χ4v) is 2.59. The molecule has 4 N–H and O–H groups in total. The van der Waals surface area contributed by atoms with Crippen molar-refractivity contribution in [2.45, 2.75) is 33.2 Å². The van der Waals surface area contributed by atoms with Gasteiger partial charge in [-0.25, -0.2) is 0 Å². The first-order valence-electron chi connectivity index (χ1n) is 6.37. The molecule has 0 aliphatic rings. The molecule has 0 fully saturated rings. The van der Waals surface area contributed by atoms with Crippen LogP contribution in [0.15, 0.2) is 24.3 Å². The van der Waals surface area contributed by atoms with E-state index in [2.05, 4.69) is 4.98 Å². The van der Waals surface area contributed by atoms with Gasteiger partial charge in [-0.3, -0.25) is 4.79 Å². The maximum atomic E-state index is 11.0. The van der Waals surface area contributed by atoms with Gasteiger partial charge >= 0.3 is 5.97 Å². The molecule has 1 atom stereocenters. The summed E-state index contributed by atoms with van der Waals surface area (Å²) >= 11 is 0. The van der Waals surface area contributed by atoms with Crippen LogP contribution in [0, 0.1) is 12.3 Å². The molecule has 1 aromatic carbocycles. The molecule has 0 amide bonds. The Kier molecular flexibility index (Phi) is 3.37. The molecule has 0 radical (unpaired) electrons. The smallest absolute Gasteiger partial charge is 0.303 e. The van der Waals surface area contributed by atoms with Crippen LogP contribution in [0.1, 0.15) is 37.6 Å². The van der Waals surface area contributed by atoms with Crippen molar-refractivity contribution in [2.24, 2.45) is 11.1 Å². The summed E-state index contributed by atoms with van der Waals surface area (Å²) in [5.74, 6) is -0.821. The van der Waals surface area contributed by atoms with Gasteiger partial charge in [0.05, 0.1) is 6.42 Å². The molecule has 0 saturated carbocycles. The Morgan fingerprint density at radius 1 is 1.42 bits per heavy atom. The molecule has 2 aromatic rings. The SMILES string of the molecule is Cc1[nH]c2ccccc2c1C(N)C(C)(C)CC(=O)O. The number of aryl methyl sites for hydroxylation is 1. The van der Waals surface area contributed by atoms with Crippen molar-refractivity contribution in [2.75, 3.05) is 0 Å². The molecular weight excluding hydrogens is 240 g/mol. The molecule has 102 valence electrons. The van der Waals surface area contributed by atoms with E-state index in [-0.39, 0.29) is 12.5 Å².